The molecule has 5 atom stereocenters. The number of aryl methyl sites for hydroxylation is 2. The maximum atomic E-state index is 11.2. The summed E-state index contributed by atoms with van der Waals surface area (Å²) in [6, 6.07) is 2.14. The average Bonchev–Trinajstić information content (AvgIpc) is 3.24. The summed E-state index contributed by atoms with van der Waals surface area (Å²) in [5.41, 5.74) is 0. The molecule has 0 aromatic carbocycles. The van der Waals surface area contributed by atoms with Gasteiger partial charge in [0.15, 0.2) is 0 Å². The third-order valence-electron chi connectivity index (χ3n) is 6.31. The lowest BCUT2D eigenvalue weighted by Gasteiger charge is -2.21. The van der Waals surface area contributed by atoms with E-state index in [1.54, 1.807) is 11.3 Å². The number of rotatable bonds is 12. The van der Waals surface area contributed by atoms with Crippen LogP contribution in [0.25, 0.3) is 0 Å². The summed E-state index contributed by atoms with van der Waals surface area (Å²) < 4.78 is 5.80. The van der Waals surface area contributed by atoms with Crippen LogP contribution in [0.2, 0.25) is 0 Å². The van der Waals surface area contributed by atoms with Crippen LogP contribution in [0.1, 0.15) is 61.6 Å². The number of allylic oxidation sites excluding steroid dienone is 3. The fraction of sp³-hybridized carbons (Fsp3) is 0.640. The van der Waals surface area contributed by atoms with Gasteiger partial charge in [-0.3, -0.25) is 4.79 Å². The molecule has 0 radical (unpaired) electrons. The van der Waals surface area contributed by atoms with Crippen LogP contribution < -0.4 is 0 Å². The van der Waals surface area contributed by atoms with E-state index in [2.05, 4.69) is 58.8 Å². The number of esters is 1. The number of halogens is 1. The molecule has 31 heavy (non-hydrogen) atoms. The molecule has 1 saturated carbocycles. The second-order valence-corrected chi connectivity index (χ2v) is 10.7. The molecule has 2 rings (SSSR count). The first-order valence-electron chi connectivity index (χ1n) is 11.4. The number of ether oxygens (including phenoxy) is 1. The van der Waals surface area contributed by atoms with Crippen molar-refractivity contribution < 1.29 is 19.7 Å². The summed E-state index contributed by atoms with van der Waals surface area (Å²) in [6.45, 7) is 4.27. The number of aliphatic hydroxyl groups is 2. The van der Waals surface area contributed by atoms with Gasteiger partial charge in [0.2, 0.25) is 0 Å². The maximum Gasteiger partial charge on any atom is 0.305 e. The molecule has 0 aliphatic heterocycles. The van der Waals surface area contributed by atoms with Crippen LogP contribution >= 0.6 is 27.3 Å². The molecular weight excluding hydrogens is 476 g/mol. The summed E-state index contributed by atoms with van der Waals surface area (Å²) in [5.74, 6) is 0.747. The van der Waals surface area contributed by atoms with Gasteiger partial charge in [-0.2, -0.15) is 0 Å². The molecule has 0 amide bonds. The van der Waals surface area contributed by atoms with Crippen LogP contribution in [-0.4, -0.2) is 35.5 Å². The van der Waals surface area contributed by atoms with E-state index in [0.717, 1.165) is 43.0 Å². The van der Waals surface area contributed by atoms with E-state index in [4.69, 9.17) is 0 Å². The Balaban J connectivity index is 1.86. The van der Waals surface area contributed by atoms with E-state index in [-0.39, 0.29) is 23.9 Å². The number of carbonyl (C=O) groups excluding carboxylic acids is 1. The first kappa shape index (κ1) is 26.3. The van der Waals surface area contributed by atoms with Gasteiger partial charge in [0, 0.05) is 20.6 Å². The third kappa shape index (κ3) is 8.49. The van der Waals surface area contributed by atoms with E-state index >= 15 is 0 Å². The fourth-order valence-electron chi connectivity index (χ4n) is 4.42. The van der Waals surface area contributed by atoms with Gasteiger partial charge < -0.3 is 14.9 Å². The quantitative estimate of drug-likeness (QED) is 0.205. The standard InChI is InChI=1S/C25H37BrO4S/c1-4-18-15-24(28)22(9-7-5-6-8-10-25(29)30-3)21(18)14-12-19(27)11-13-20-16-23(26)17(2)31-20/h5,7,12,14,16,18-19,21-22,24,27-28H,4,6,8-11,13,15H2,1-3H3/t18-,19+,21+,22-,24?/m1/s1. The largest absolute Gasteiger partial charge is 0.469 e. The van der Waals surface area contributed by atoms with Gasteiger partial charge in [-0.25, -0.2) is 0 Å². The highest BCUT2D eigenvalue weighted by atomic mass is 79.9. The first-order valence-corrected chi connectivity index (χ1v) is 13.0. The van der Waals surface area contributed by atoms with Crippen LogP contribution in [0.4, 0.5) is 0 Å². The molecule has 174 valence electrons. The molecule has 6 heteroatoms. The molecule has 1 fully saturated rings. The summed E-state index contributed by atoms with van der Waals surface area (Å²) in [5, 5.41) is 21.1. The van der Waals surface area contributed by atoms with Crippen molar-refractivity contribution in [2.24, 2.45) is 17.8 Å². The smallest absolute Gasteiger partial charge is 0.305 e. The highest BCUT2D eigenvalue weighted by molar-refractivity contribution is 9.10. The summed E-state index contributed by atoms with van der Waals surface area (Å²) in [6.07, 6.45) is 13.9. The Hall–Kier alpha value is -0.950. The van der Waals surface area contributed by atoms with Gasteiger partial charge >= 0.3 is 5.97 Å². The normalized spacial score (nSPS) is 25.0. The summed E-state index contributed by atoms with van der Waals surface area (Å²) >= 11 is 5.33. The van der Waals surface area contributed by atoms with E-state index in [9.17, 15) is 15.0 Å². The average molecular weight is 514 g/mol. The van der Waals surface area contributed by atoms with Crippen LogP contribution in [0.15, 0.2) is 34.8 Å². The van der Waals surface area contributed by atoms with Gasteiger partial charge in [0.1, 0.15) is 0 Å². The molecule has 0 saturated heterocycles. The lowest BCUT2D eigenvalue weighted by molar-refractivity contribution is -0.140. The van der Waals surface area contributed by atoms with Gasteiger partial charge in [-0.05, 0) is 85.2 Å². The Labute approximate surface area is 199 Å². The van der Waals surface area contributed by atoms with Crippen molar-refractivity contribution in [2.45, 2.75) is 77.4 Å². The number of hydrogen-bond donors (Lipinski definition) is 2. The number of carbonyl (C=O) groups is 1. The summed E-state index contributed by atoms with van der Waals surface area (Å²) in [4.78, 5) is 13.7. The minimum Gasteiger partial charge on any atom is -0.469 e. The zero-order valence-corrected chi connectivity index (χ0v) is 21.3. The molecule has 4 nitrogen and oxygen atoms in total. The van der Waals surface area contributed by atoms with Gasteiger partial charge in [0.05, 0.1) is 19.3 Å². The van der Waals surface area contributed by atoms with Crippen LogP contribution in [0.5, 0.6) is 0 Å². The molecule has 1 aromatic heterocycles. The Kier molecular flexibility index (Phi) is 11.5. The highest BCUT2D eigenvalue weighted by Gasteiger charge is 2.39. The lowest BCUT2D eigenvalue weighted by atomic mass is 9.85. The number of hydrogen-bond acceptors (Lipinski definition) is 5. The van der Waals surface area contributed by atoms with Gasteiger partial charge in [-0.1, -0.05) is 37.6 Å². The Morgan fingerprint density at radius 1 is 1.42 bits per heavy atom. The van der Waals surface area contributed by atoms with E-state index in [1.165, 1.54) is 16.9 Å². The minimum atomic E-state index is -0.467. The molecule has 1 aromatic rings. The molecule has 1 unspecified atom stereocenters. The Morgan fingerprint density at radius 2 is 2.19 bits per heavy atom. The molecular formula is C25H37BrO4S. The topological polar surface area (TPSA) is 66.8 Å². The fourth-order valence-corrected chi connectivity index (χ4v) is 6.04. The first-order chi connectivity index (χ1) is 14.8. The zero-order chi connectivity index (χ0) is 22.8. The maximum absolute atomic E-state index is 11.2. The Bertz CT molecular complexity index is 722. The van der Waals surface area contributed by atoms with Gasteiger partial charge in [-0.15, -0.1) is 11.3 Å². The number of thiophene rings is 1. The molecule has 1 aliphatic rings. The van der Waals surface area contributed by atoms with E-state index in [1.807, 2.05) is 6.08 Å². The van der Waals surface area contributed by atoms with Crippen LogP contribution in [-0.2, 0) is 16.0 Å². The second-order valence-electron chi connectivity index (χ2n) is 8.50. The zero-order valence-electron chi connectivity index (χ0n) is 18.9. The van der Waals surface area contributed by atoms with Crippen molar-refractivity contribution in [1.29, 1.82) is 0 Å². The van der Waals surface area contributed by atoms with E-state index < -0.39 is 6.10 Å². The highest BCUT2D eigenvalue weighted by Crippen LogP contribution is 2.42. The Morgan fingerprint density at radius 3 is 2.84 bits per heavy atom. The SMILES string of the molecule is CC[C@@H]1CC(O)[C@H](CC=CCCCC(=O)OC)[C@H]1C=C[C@@H](O)CCc1cc(Br)c(C)s1. The third-order valence-corrected chi connectivity index (χ3v) is 8.50. The molecule has 0 spiro atoms. The van der Waals surface area contributed by atoms with Crippen molar-refractivity contribution >= 4 is 33.2 Å². The molecule has 1 heterocycles. The van der Waals surface area contributed by atoms with Crippen LogP contribution in [0.3, 0.4) is 0 Å². The predicted octanol–water partition coefficient (Wildman–Crippen LogP) is 5.98. The second kappa shape index (κ2) is 13.6. The minimum absolute atomic E-state index is 0.170. The van der Waals surface area contributed by atoms with Crippen LogP contribution in [0, 0.1) is 24.7 Å². The molecule has 2 N–H and O–H groups in total. The monoisotopic (exact) mass is 512 g/mol. The molecule has 0 bridgehead atoms. The summed E-state index contributed by atoms with van der Waals surface area (Å²) in [7, 11) is 1.41. The van der Waals surface area contributed by atoms with Gasteiger partial charge in [0.25, 0.3) is 0 Å². The van der Waals surface area contributed by atoms with Crippen molar-refractivity contribution in [3.8, 4) is 0 Å². The molecule has 1 aliphatic carbocycles. The number of unbranched alkanes of at least 4 members (excludes halogenated alkanes) is 1. The predicted molar refractivity (Wildman–Crippen MR) is 131 cm³/mol. The lowest BCUT2D eigenvalue weighted by Crippen LogP contribution is -2.19. The number of aliphatic hydroxyl groups excluding tert-OH is 2. The van der Waals surface area contributed by atoms with Crippen molar-refractivity contribution in [2.75, 3.05) is 7.11 Å². The van der Waals surface area contributed by atoms with Crippen molar-refractivity contribution in [3.63, 3.8) is 0 Å². The van der Waals surface area contributed by atoms with Crippen molar-refractivity contribution in [3.05, 3.63) is 44.6 Å². The van der Waals surface area contributed by atoms with Crippen molar-refractivity contribution in [1.82, 2.24) is 0 Å². The number of methoxy groups -OCH3 is 1. The van der Waals surface area contributed by atoms with E-state index in [0.29, 0.717) is 18.8 Å².